The van der Waals surface area contributed by atoms with Gasteiger partial charge in [-0.3, -0.25) is 14.7 Å². The first-order valence-electron chi connectivity index (χ1n) is 6.91. The van der Waals surface area contributed by atoms with Crippen molar-refractivity contribution in [3.05, 3.63) is 42.0 Å². The second-order valence-corrected chi connectivity index (χ2v) is 7.13. The first kappa shape index (κ1) is 15.9. The van der Waals surface area contributed by atoms with Crippen LogP contribution in [0.3, 0.4) is 0 Å². The van der Waals surface area contributed by atoms with Gasteiger partial charge in [0.25, 0.3) is 5.78 Å². The van der Waals surface area contributed by atoms with Crippen LogP contribution in [-0.2, 0) is 21.1 Å². The summed E-state index contributed by atoms with van der Waals surface area (Å²) in [5.74, 6) is -2.21. The standard InChI is InChI=1S/C13H12N6O4S/c20-10(12(21)13-16-18-19-17-13)6-9-11(7-14-15-9)24(22,23)8-4-2-1-3-5-8/h1-4,7-8H,5-6H2,(H,14,15)(H,16,17,18,19). The Hall–Kier alpha value is -2.95. The summed E-state index contributed by atoms with van der Waals surface area (Å²) in [5.41, 5.74) is -0.0141. The van der Waals surface area contributed by atoms with Gasteiger partial charge in [-0.05, 0) is 11.6 Å². The number of H-pyrrole nitrogens is 2. The molecular weight excluding hydrogens is 336 g/mol. The number of allylic oxidation sites excluding steroid dienone is 3. The minimum atomic E-state index is -3.72. The van der Waals surface area contributed by atoms with Crippen LogP contribution in [-0.4, -0.2) is 56.1 Å². The van der Waals surface area contributed by atoms with Gasteiger partial charge < -0.3 is 0 Å². The molecule has 3 rings (SSSR count). The molecule has 0 spiro atoms. The lowest BCUT2D eigenvalue weighted by Crippen LogP contribution is -2.23. The molecular formula is C13H12N6O4S. The first-order valence-corrected chi connectivity index (χ1v) is 8.45. The van der Waals surface area contributed by atoms with E-state index < -0.39 is 33.1 Å². The van der Waals surface area contributed by atoms with Gasteiger partial charge in [0.2, 0.25) is 11.6 Å². The van der Waals surface area contributed by atoms with Gasteiger partial charge in [0.05, 0.1) is 17.4 Å². The minimum absolute atomic E-state index is 0.0141. The van der Waals surface area contributed by atoms with E-state index in [2.05, 4.69) is 30.8 Å². The molecule has 1 unspecified atom stereocenters. The number of tetrazole rings is 1. The quantitative estimate of drug-likeness (QED) is 0.527. The second kappa shape index (κ2) is 6.28. The highest BCUT2D eigenvalue weighted by Crippen LogP contribution is 2.24. The van der Waals surface area contributed by atoms with E-state index in [-0.39, 0.29) is 16.4 Å². The Morgan fingerprint density at radius 1 is 1.25 bits per heavy atom. The molecule has 124 valence electrons. The van der Waals surface area contributed by atoms with Crippen LogP contribution in [0.5, 0.6) is 0 Å². The predicted molar refractivity (Wildman–Crippen MR) is 79.7 cm³/mol. The Bertz CT molecular complexity index is 926. The number of rotatable bonds is 6. The molecule has 1 aliphatic carbocycles. The van der Waals surface area contributed by atoms with Gasteiger partial charge in [-0.15, -0.1) is 10.2 Å². The van der Waals surface area contributed by atoms with Crippen molar-refractivity contribution >= 4 is 21.4 Å². The average Bonchev–Trinajstić information content (AvgIpc) is 3.26. The molecule has 24 heavy (non-hydrogen) atoms. The van der Waals surface area contributed by atoms with E-state index in [1.807, 2.05) is 0 Å². The summed E-state index contributed by atoms with van der Waals surface area (Å²) < 4.78 is 25.3. The number of nitrogens with one attached hydrogen (secondary N) is 2. The summed E-state index contributed by atoms with van der Waals surface area (Å²) in [6.07, 6.45) is 7.79. The highest BCUT2D eigenvalue weighted by Gasteiger charge is 2.31. The lowest BCUT2D eigenvalue weighted by atomic mass is 10.1. The number of Topliss-reactive ketones (excluding diaryl/α,β-unsaturated/α-hetero) is 2. The van der Waals surface area contributed by atoms with Crippen LogP contribution in [0.1, 0.15) is 22.7 Å². The van der Waals surface area contributed by atoms with Crippen LogP contribution >= 0.6 is 0 Å². The van der Waals surface area contributed by atoms with Gasteiger partial charge in [-0.2, -0.15) is 10.3 Å². The van der Waals surface area contributed by atoms with E-state index in [4.69, 9.17) is 0 Å². The van der Waals surface area contributed by atoms with Gasteiger partial charge in [-0.1, -0.05) is 24.3 Å². The maximum atomic E-state index is 12.7. The fraction of sp³-hybridized carbons (Fsp3) is 0.231. The summed E-state index contributed by atoms with van der Waals surface area (Å²) in [6, 6.07) is 0. The molecule has 0 saturated carbocycles. The Morgan fingerprint density at radius 2 is 2.08 bits per heavy atom. The third kappa shape index (κ3) is 2.93. The van der Waals surface area contributed by atoms with Crippen LogP contribution in [0.25, 0.3) is 0 Å². The Labute approximate surface area is 136 Å². The van der Waals surface area contributed by atoms with Crippen molar-refractivity contribution in [1.29, 1.82) is 0 Å². The number of hydrogen-bond acceptors (Lipinski definition) is 8. The molecule has 2 heterocycles. The van der Waals surface area contributed by atoms with Crippen LogP contribution in [0.2, 0.25) is 0 Å². The van der Waals surface area contributed by atoms with Crippen molar-refractivity contribution in [2.24, 2.45) is 0 Å². The van der Waals surface area contributed by atoms with E-state index in [1.165, 1.54) is 6.20 Å². The SMILES string of the molecule is O=C(Cc1n[nH]cc1S(=O)(=O)C1C=CC=CC1)C(=O)c1nn[nH]n1. The number of ketones is 2. The summed E-state index contributed by atoms with van der Waals surface area (Å²) in [7, 11) is -3.72. The molecule has 0 saturated heterocycles. The topological polar surface area (TPSA) is 151 Å². The fourth-order valence-corrected chi connectivity index (χ4v) is 3.90. The van der Waals surface area contributed by atoms with Crippen molar-refractivity contribution in [1.82, 2.24) is 30.8 Å². The molecule has 0 radical (unpaired) electrons. The summed E-state index contributed by atoms with van der Waals surface area (Å²) in [6.45, 7) is 0. The molecule has 0 fully saturated rings. The van der Waals surface area contributed by atoms with Crippen LogP contribution in [0.4, 0.5) is 0 Å². The lowest BCUT2D eigenvalue weighted by Gasteiger charge is -2.13. The summed E-state index contributed by atoms with van der Waals surface area (Å²) >= 11 is 0. The number of carbonyl (C=O) groups excluding carboxylic acids is 2. The van der Waals surface area contributed by atoms with E-state index in [0.717, 1.165) is 0 Å². The zero-order valence-corrected chi connectivity index (χ0v) is 13.0. The molecule has 2 N–H and O–H groups in total. The van der Waals surface area contributed by atoms with E-state index >= 15 is 0 Å². The van der Waals surface area contributed by atoms with Crippen molar-refractivity contribution in [2.75, 3.05) is 0 Å². The second-order valence-electron chi connectivity index (χ2n) is 4.99. The molecule has 1 aliphatic rings. The van der Waals surface area contributed by atoms with Crippen molar-refractivity contribution in [3.8, 4) is 0 Å². The third-order valence-electron chi connectivity index (χ3n) is 3.46. The number of aromatic nitrogens is 6. The largest absolute Gasteiger partial charge is 0.290 e. The molecule has 2 aromatic heterocycles. The first-order chi connectivity index (χ1) is 11.5. The Balaban J connectivity index is 1.83. The van der Waals surface area contributed by atoms with Gasteiger partial charge in [0, 0.05) is 6.20 Å². The summed E-state index contributed by atoms with van der Waals surface area (Å²) in [5, 5.41) is 17.6. The van der Waals surface area contributed by atoms with Gasteiger partial charge >= 0.3 is 0 Å². The minimum Gasteiger partial charge on any atom is -0.290 e. The normalized spacial score (nSPS) is 17.1. The van der Waals surface area contributed by atoms with Crippen LogP contribution in [0.15, 0.2) is 35.4 Å². The zero-order valence-electron chi connectivity index (χ0n) is 12.2. The molecule has 0 amide bonds. The Morgan fingerprint density at radius 3 is 2.75 bits per heavy atom. The Kier molecular flexibility index (Phi) is 4.16. The van der Waals surface area contributed by atoms with Crippen molar-refractivity contribution in [2.45, 2.75) is 23.0 Å². The summed E-state index contributed by atoms with van der Waals surface area (Å²) in [4.78, 5) is 23.8. The lowest BCUT2D eigenvalue weighted by molar-refractivity contribution is -0.114. The zero-order chi connectivity index (χ0) is 17.2. The maximum Gasteiger partial charge on any atom is 0.269 e. The fourth-order valence-electron chi connectivity index (χ4n) is 2.25. The number of hydrogen-bond donors (Lipinski definition) is 2. The van der Waals surface area contributed by atoms with Gasteiger partial charge in [-0.25, -0.2) is 8.42 Å². The van der Waals surface area contributed by atoms with E-state index in [9.17, 15) is 18.0 Å². The highest BCUT2D eigenvalue weighted by atomic mass is 32.2. The molecule has 0 bridgehead atoms. The number of carbonyl (C=O) groups is 2. The van der Waals surface area contributed by atoms with E-state index in [0.29, 0.717) is 6.42 Å². The third-order valence-corrected chi connectivity index (χ3v) is 5.57. The molecule has 11 heteroatoms. The van der Waals surface area contributed by atoms with Crippen LogP contribution < -0.4 is 0 Å². The van der Waals surface area contributed by atoms with Crippen molar-refractivity contribution < 1.29 is 18.0 Å². The number of aromatic amines is 2. The van der Waals surface area contributed by atoms with E-state index in [1.54, 1.807) is 24.3 Å². The molecule has 0 aromatic carbocycles. The molecule has 1 atom stereocenters. The molecule has 2 aromatic rings. The number of nitrogens with zero attached hydrogens (tertiary/aromatic N) is 4. The predicted octanol–water partition coefficient (Wildman–Crippen LogP) is -0.424. The number of sulfone groups is 1. The monoisotopic (exact) mass is 348 g/mol. The van der Waals surface area contributed by atoms with Crippen LogP contribution in [0, 0.1) is 0 Å². The van der Waals surface area contributed by atoms with Gasteiger partial charge in [0.15, 0.2) is 9.84 Å². The van der Waals surface area contributed by atoms with Crippen molar-refractivity contribution in [3.63, 3.8) is 0 Å². The average molecular weight is 348 g/mol. The highest BCUT2D eigenvalue weighted by molar-refractivity contribution is 7.92. The molecule has 0 aliphatic heterocycles. The van der Waals surface area contributed by atoms with Gasteiger partial charge in [0.1, 0.15) is 4.90 Å². The maximum absolute atomic E-state index is 12.7. The molecule has 10 nitrogen and oxygen atoms in total. The smallest absolute Gasteiger partial charge is 0.269 e.